The maximum atomic E-state index is 14.1. The van der Waals surface area contributed by atoms with Crippen LogP contribution in [0, 0.1) is 5.82 Å². The lowest BCUT2D eigenvalue weighted by molar-refractivity contribution is 0.586. The molecule has 112 valence electrons. The van der Waals surface area contributed by atoms with Crippen LogP contribution in [0.15, 0.2) is 42.5 Å². The fourth-order valence-electron chi connectivity index (χ4n) is 2.27. The van der Waals surface area contributed by atoms with E-state index in [-0.39, 0.29) is 5.82 Å². The van der Waals surface area contributed by atoms with Gasteiger partial charge in [0.15, 0.2) is 0 Å². The second kappa shape index (κ2) is 6.86. The Balaban J connectivity index is 2.27. The molecule has 1 nitrogen and oxygen atoms in total. The van der Waals surface area contributed by atoms with Gasteiger partial charge in [-0.1, -0.05) is 58.0 Å². The lowest BCUT2D eigenvalue weighted by atomic mass is 9.97. The van der Waals surface area contributed by atoms with Crippen LogP contribution < -0.4 is 5.32 Å². The minimum atomic E-state index is -0.166. The van der Waals surface area contributed by atoms with Gasteiger partial charge in [0.05, 0.1) is 0 Å². The van der Waals surface area contributed by atoms with Gasteiger partial charge in [0.2, 0.25) is 0 Å². The second-order valence-corrected chi connectivity index (χ2v) is 6.13. The predicted molar refractivity (Wildman–Crippen MR) is 87.9 cm³/mol. The molecule has 2 aromatic rings. The molecule has 2 rings (SSSR count). The van der Waals surface area contributed by atoms with Crippen LogP contribution in [0.3, 0.4) is 0 Å². The summed E-state index contributed by atoms with van der Waals surface area (Å²) in [5, 5.41) is 3.36. The van der Waals surface area contributed by atoms with E-state index in [2.05, 4.69) is 45.1 Å². The van der Waals surface area contributed by atoms with Gasteiger partial charge in [-0.2, -0.15) is 0 Å². The Bertz CT molecular complexity index is 585. The van der Waals surface area contributed by atoms with Crippen LogP contribution in [-0.4, -0.2) is 6.04 Å². The topological polar surface area (TPSA) is 12.0 Å². The van der Waals surface area contributed by atoms with E-state index >= 15 is 0 Å². The van der Waals surface area contributed by atoms with Crippen molar-refractivity contribution in [2.24, 2.45) is 0 Å². The van der Waals surface area contributed by atoms with Gasteiger partial charge in [-0.25, -0.2) is 4.39 Å². The number of halogens is 1. The van der Waals surface area contributed by atoms with Crippen LogP contribution in [0.5, 0.6) is 0 Å². The largest absolute Gasteiger partial charge is 0.310 e. The lowest BCUT2D eigenvalue weighted by Gasteiger charge is -2.11. The summed E-state index contributed by atoms with van der Waals surface area (Å²) >= 11 is 0. The summed E-state index contributed by atoms with van der Waals surface area (Å²) in [6.07, 6.45) is 0. The molecule has 0 fully saturated rings. The zero-order chi connectivity index (χ0) is 15.4. The molecule has 0 bridgehead atoms. The Morgan fingerprint density at radius 3 is 2.19 bits per heavy atom. The van der Waals surface area contributed by atoms with Gasteiger partial charge in [0.25, 0.3) is 0 Å². The summed E-state index contributed by atoms with van der Waals surface area (Å²) in [6, 6.07) is 13.9. The van der Waals surface area contributed by atoms with Crippen molar-refractivity contribution in [2.45, 2.75) is 46.2 Å². The number of hydrogen-bond acceptors (Lipinski definition) is 1. The van der Waals surface area contributed by atoms with Gasteiger partial charge in [-0.3, -0.25) is 0 Å². The maximum absolute atomic E-state index is 14.1. The maximum Gasteiger partial charge on any atom is 0.131 e. The zero-order valence-corrected chi connectivity index (χ0v) is 13.3. The van der Waals surface area contributed by atoms with Crippen molar-refractivity contribution in [3.05, 3.63) is 59.4 Å². The molecule has 0 saturated carbocycles. The van der Waals surface area contributed by atoms with Crippen LogP contribution in [0.4, 0.5) is 4.39 Å². The smallest absolute Gasteiger partial charge is 0.131 e. The highest BCUT2D eigenvalue weighted by atomic mass is 19.1. The third-order valence-electron chi connectivity index (χ3n) is 3.63. The number of hydrogen-bond donors (Lipinski definition) is 1. The summed E-state index contributed by atoms with van der Waals surface area (Å²) in [5.74, 6) is 0.325. The molecule has 0 aliphatic carbocycles. The first kappa shape index (κ1) is 15.7. The molecule has 0 amide bonds. The Labute approximate surface area is 127 Å². The molecule has 0 aromatic heterocycles. The molecule has 2 aromatic carbocycles. The third-order valence-corrected chi connectivity index (χ3v) is 3.63. The summed E-state index contributed by atoms with van der Waals surface area (Å²) in [4.78, 5) is 0. The minimum Gasteiger partial charge on any atom is -0.310 e. The monoisotopic (exact) mass is 285 g/mol. The van der Waals surface area contributed by atoms with E-state index in [0.717, 1.165) is 17.7 Å². The van der Waals surface area contributed by atoms with E-state index in [9.17, 15) is 4.39 Å². The summed E-state index contributed by atoms with van der Waals surface area (Å²) in [6.45, 7) is 9.29. The molecule has 1 N–H and O–H groups in total. The highest BCUT2D eigenvalue weighted by Crippen LogP contribution is 2.26. The van der Waals surface area contributed by atoms with E-state index in [1.54, 1.807) is 6.07 Å². The molecule has 0 radical (unpaired) electrons. The molecule has 0 spiro atoms. The van der Waals surface area contributed by atoms with Gasteiger partial charge in [0, 0.05) is 18.2 Å². The SMILES string of the molecule is CC(C)NCc1ccc(F)c(-c2ccc(C(C)C)cc2)c1. The van der Waals surface area contributed by atoms with Crippen molar-refractivity contribution < 1.29 is 4.39 Å². The van der Waals surface area contributed by atoms with E-state index < -0.39 is 0 Å². The summed E-state index contributed by atoms with van der Waals surface area (Å²) < 4.78 is 14.1. The minimum absolute atomic E-state index is 0.166. The number of benzene rings is 2. The average molecular weight is 285 g/mol. The van der Waals surface area contributed by atoms with Crippen molar-refractivity contribution in [2.75, 3.05) is 0 Å². The van der Waals surface area contributed by atoms with Gasteiger partial charge >= 0.3 is 0 Å². The highest BCUT2D eigenvalue weighted by molar-refractivity contribution is 5.65. The Kier molecular flexibility index (Phi) is 5.13. The van der Waals surface area contributed by atoms with E-state index in [1.165, 1.54) is 5.56 Å². The zero-order valence-electron chi connectivity index (χ0n) is 13.3. The van der Waals surface area contributed by atoms with Crippen molar-refractivity contribution >= 4 is 0 Å². The average Bonchev–Trinajstić information content (AvgIpc) is 2.46. The molecule has 0 atom stereocenters. The first-order valence-electron chi connectivity index (χ1n) is 7.59. The van der Waals surface area contributed by atoms with Gasteiger partial charge in [0.1, 0.15) is 5.82 Å². The molecule has 0 saturated heterocycles. The first-order chi connectivity index (χ1) is 9.97. The summed E-state index contributed by atoms with van der Waals surface area (Å²) in [7, 11) is 0. The van der Waals surface area contributed by atoms with Crippen LogP contribution in [0.25, 0.3) is 11.1 Å². The van der Waals surface area contributed by atoms with E-state index in [1.807, 2.05) is 24.3 Å². The standard InChI is InChI=1S/C19H24FN/c1-13(2)16-6-8-17(9-7-16)18-11-15(5-10-19(18)20)12-21-14(3)4/h5-11,13-14,21H,12H2,1-4H3. The number of rotatable bonds is 5. The molecule has 2 heteroatoms. The van der Waals surface area contributed by atoms with Gasteiger partial charge in [-0.05, 0) is 34.7 Å². The molecule has 0 aliphatic heterocycles. The molecule has 0 heterocycles. The predicted octanol–water partition coefficient (Wildman–Crippen LogP) is 5.11. The Morgan fingerprint density at radius 2 is 1.62 bits per heavy atom. The fraction of sp³-hybridized carbons (Fsp3) is 0.368. The molecule has 21 heavy (non-hydrogen) atoms. The molecular weight excluding hydrogens is 261 g/mol. The van der Waals surface area contributed by atoms with Crippen LogP contribution >= 0.6 is 0 Å². The molecular formula is C19H24FN. The van der Waals surface area contributed by atoms with Crippen LogP contribution in [0.1, 0.15) is 44.7 Å². The van der Waals surface area contributed by atoms with Crippen molar-refractivity contribution in [3.63, 3.8) is 0 Å². The lowest BCUT2D eigenvalue weighted by Crippen LogP contribution is -2.21. The molecule has 0 unspecified atom stereocenters. The Morgan fingerprint density at radius 1 is 0.952 bits per heavy atom. The molecule has 0 aliphatic rings. The highest BCUT2D eigenvalue weighted by Gasteiger charge is 2.07. The van der Waals surface area contributed by atoms with Crippen molar-refractivity contribution in [1.29, 1.82) is 0 Å². The summed E-state index contributed by atoms with van der Waals surface area (Å²) in [5.41, 5.74) is 3.99. The quantitative estimate of drug-likeness (QED) is 0.804. The van der Waals surface area contributed by atoms with Gasteiger partial charge in [-0.15, -0.1) is 0 Å². The van der Waals surface area contributed by atoms with Gasteiger partial charge < -0.3 is 5.32 Å². The van der Waals surface area contributed by atoms with E-state index in [4.69, 9.17) is 0 Å². The Hall–Kier alpha value is -1.67. The number of nitrogens with one attached hydrogen (secondary N) is 1. The van der Waals surface area contributed by atoms with E-state index in [0.29, 0.717) is 17.5 Å². The normalized spacial score (nSPS) is 11.4. The van der Waals surface area contributed by atoms with Crippen molar-refractivity contribution in [3.8, 4) is 11.1 Å². The fourth-order valence-corrected chi connectivity index (χ4v) is 2.27. The van der Waals surface area contributed by atoms with Crippen molar-refractivity contribution in [1.82, 2.24) is 5.32 Å². The van der Waals surface area contributed by atoms with Crippen LogP contribution in [-0.2, 0) is 6.54 Å². The second-order valence-electron chi connectivity index (χ2n) is 6.13. The van der Waals surface area contributed by atoms with Crippen LogP contribution in [0.2, 0.25) is 0 Å². The third kappa shape index (κ3) is 4.15. The first-order valence-corrected chi connectivity index (χ1v) is 7.59.